The van der Waals surface area contributed by atoms with Gasteiger partial charge >= 0.3 is 0 Å². The lowest BCUT2D eigenvalue weighted by Crippen LogP contribution is -2.50. The van der Waals surface area contributed by atoms with Gasteiger partial charge in [0, 0.05) is 44.6 Å². The molecule has 2 heterocycles. The predicted octanol–water partition coefficient (Wildman–Crippen LogP) is 3.47. The summed E-state index contributed by atoms with van der Waals surface area (Å²) in [5.74, 6) is 0.611. The van der Waals surface area contributed by atoms with Crippen molar-refractivity contribution < 1.29 is 22.7 Å². The summed E-state index contributed by atoms with van der Waals surface area (Å²) >= 11 is 6.19. The second-order valence-electron chi connectivity index (χ2n) is 7.85. The Kier molecular flexibility index (Phi) is 6.73. The van der Waals surface area contributed by atoms with Crippen LogP contribution in [0.25, 0.3) is 11.3 Å². The van der Waals surface area contributed by atoms with E-state index >= 15 is 0 Å². The molecular weight excluding hydrogens is 466 g/mol. The molecule has 0 atom stereocenters. The molecule has 1 fully saturated rings. The van der Waals surface area contributed by atoms with Crippen LogP contribution in [0.2, 0.25) is 5.02 Å². The first-order chi connectivity index (χ1) is 15.8. The number of halogens is 1. The zero-order valence-electron chi connectivity index (χ0n) is 18.1. The van der Waals surface area contributed by atoms with Crippen LogP contribution in [0.1, 0.15) is 17.9 Å². The maximum absolute atomic E-state index is 12.9. The van der Waals surface area contributed by atoms with Gasteiger partial charge in [0.15, 0.2) is 11.7 Å². The van der Waals surface area contributed by atoms with Crippen molar-refractivity contribution in [2.75, 3.05) is 26.2 Å². The van der Waals surface area contributed by atoms with Crippen LogP contribution in [0.15, 0.2) is 58.0 Å². The molecule has 1 aliphatic heterocycles. The van der Waals surface area contributed by atoms with Crippen molar-refractivity contribution in [1.82, 2.24) is 14.2 Å². The third-order valence-corrected chi connectivity index (χ3v) is 7.83. The van der Waals surface area contributed by atoms with Gasteiger partial charge in [0.05, 0.1) is 11.2 Å². The molecular formula is C23H24ClN3O5S. The van der Waals surface area contributed by atoms with E-state index in [0.29, 0.717) is 23.1 Å². The van der Waals surface area contributed by atoms with Gasteiger partial charge in [0.1, 0.15) is 10.6 Å². The standard InChI is InChI=1S/C23H24ClN3O5S/c1-16-6-7-19(28)21(14-16)33(30,31)27-12-10-26(11-13-27)23(29)9-8-22-25-15-20(32-22)17-4-2-3-5-18(17)24/h2-7,14-15,28H,8-13H2,1H3. The van der Waals surface area contributed by atoms with Crippen molar-refractivity contribution in [3.05, 3.63) is 65.1 Å². The lowest BCUT2D eigenvalue weighted by molar-refractivity contribution is -0.132. The Bertz CT molecular complexity index is 1270. The number of oxazole rings is 1. The van der Waals surface area contributed by atoms with Crippen molar-refractivity contribution in [1.29, 1.82) is 0 Å². The molecule has 0 spiro atoms. The first-order valence-corrected chi connectivity index (χ1v) is 12.3. The summed E-state index contributed by atoms with van der Waals surface area (Å²) < 4.78 is 32.9. The summed E-state index contributed by atoms with van der Waals surface area (Å²) in [5, 5.41) is 10.6. The fourth-order valence-corrected chi connectivity index (χ4v) is 5.55. The maximum atomic E-state index is 12.9. The van der Waals surface area contributed by atoms with E-state index in [1.807, 2.05) is 18.2 Å². The van der Waals surface area contributed by atoms with Gasteiger partial charge in [-0.25, -0.2) is 13.4 Å². The number of piperazine rings is 1. The predicted molar refractivity (Wildman–Crippen MR) is 123 cm³/mol. The lowest BCUT2D eigenvalue weighted by atomic mass is 10.2. The third kappa shape index (κ3) is 5.05. The Labute approximate surface area is 197 Å². The van der Waals surface area contributed by atoms with Crippen LogP contribution in [0, 0.1) is 6.92 Å². The third-order valence-electron chi connectivity index (χ3n) is 5.57. The summed E-state index contributed by atoms with van der Waals surface area (Å²) in [5.41, 5.74) is 1.48. The number of aromatic hydroxyl groups is 1. The summed E-state index contributed by atoms with van der Waals surface area (Å²) in [4.78, 5) is 18.4. The second kappa shape index (κ2) is 9.54. The number of sulfonamides is 1. The van der Waals surface area contributed by atoms with Crippen molar-refractivity contribution in [2.45, 2.75) is 24.7 Å². The number of phenols is 1. The fraction of sp³-hybridized carbons (Fsp3) is 0.304. The molecule has 0 unspecified atom stereocenters. The number of carbonyl (C=O) groups is 1. The quantitative estimate of drug-likeness (QED) is 0.568. The number of carbonyl (C=O) groups excluding carboxylic acids is 1. The highest BCUT2D eigenvalue weighted by Crippen LogP contribution is 2.29. The number of amides is 1. The highest BCUT2D eigenvalue weighted by atomic mass is 35.5. The molecule has 2 aromatic carbocycles. The molecule has 0 radical (unpaired) electrons. The minimum absolute atomic E-state index is 0.0945. The fourth-order valence-electron chi connectivity index (χ4n) is 3.73. The average molecular weight is 490 g/mol. The van der Waals surface area contributed by atoms with Gasteiger partial charge in [0.2, 0.25) is 15.9 Å². The number of nitrogens with zero attached hydrogens (tertiary/aromatic N) is 3. The molecule has 3 aromatic rings. The molecule has 1 amide bonds. The Morgan fingerprint density at radius 1 is 1.15 bits per heavy atom. The minimum Gasteiger partial charge on any atom is -0.507 e. The second-order valence-corrected chi connectivity index (χ2v) is 10.2. The number of benzene rings is 2. The Morgan fingerprint density at radius 2 is 1.88 bits per heavy atom. The zero-order valence-corrected chi connectivity index (χ0v) is 19.6. The summed E-state index contributed by atoms with van der Waals surface area (Å²) in [7, 11) is -3.84. The lowest BCUT2D eigenvalue weighted by Gasteiger charge is -2.34. The molecule has 1 aliphatic rings. The van der Waals surface area contributed by atoms with E-state index in [2.05, 4.69) is 4.98 Å². The van der Waals surface area contributed by atoms with Crippen LogP contribution in [0.4, 0.5) is 0 Å². The van der Waals surface area contributed by atoms with Gasteiger partial charge in [-0.1, -0.05) is 29.8 Å². The molecule has 8 nitrogen and oxygen atoms in total. The molecule has 1 aromatic heterocycles. The molecule has 1 N–H and O–H groups in total. The monoisotopic (exact) mass is 489 g/mol. The van der Waals surface area contributed by atoms with E-state index in [-0.39, 0.29) is 49.2 Å². The van der Waals surface area contributed by atoms with Gasteiger partial charge in [-0.05, 0) is 36.8 Å². The number of hydrogen-bond acceptors (Lipinski definition) is 6. The Hall–Kier alpha value is -2.88. The molecule has 0 saturated carbocycles. The molecule has 0 bridgehead atoms. The number of phenolic OH excluding ortho intramolecular Hbond substituents is 1. The Balaban J connectivity index is 1.33. The highest BCUT2D eigenvalue weighted by Gasteiger charge is 2.31. The van der Waals surface area contributed by atoms with E-state index in [1.165, 1.54) is 16.4 Å². The minimum atomic E-state index is -3.84. The van der Waals surface area contributed by atoms with Crippen LogP contribution in [-0.4, -0.2) is 59.8 Å². The molecule has 0 aliphatic carbocycles. The molecule has 10 heteroatoms. The van der Waals surface area contributed by atoms with Crippen molar-refractivity contribution in [3.63, 3.8) is 0 Å². The van der Waals surface area contributed by atoms with Crippen molar-refractivity contribution >= 4 is 27.5 Å². The van der Waals surface area contributed by atoms with Gasteiger partial charge in [-0.3, -0.25) is 4.79 Å². The largest absolute Gasteiger partial charge is 0.507 e. The summed E-state index contributed by atoms with van der Waals surface area (Å²) in [6, 6.07) is 11.8. The van der Waals surface area contributed by atoms with Crippen molar-refractivity contribution in [2.24, 2.45) is 0 Å². The first kappa shape index (κ1) is 23.3. The van der Waals surface area contributed by atoms with E-state index in [9.17, 15) is 18.3 Å². The van der Waals surface area contributed by atoms with Gasteiger partial charge < -0.3 is 14.4 Å². The number of aryl methyl sites for hydroxylation is 2. The van der Waals surface area contributed by atoms with Crippen LogP contribution in [0.5, 0.6) is 5.75 Å². The van der Waals surface area contributed by atoms with Crippen molar-refractivity contribution in [3.8, 4) is 17.1 Å². The van der Waals surface area contributed by atoms with Crippen LogP contribution in [-0.2, 0) is 21.2 Å². The molecule has 33 heavy (non-hydrogen) atoms. The van der Waals surface area contributed by atoms with Crippen LogP contribution < -0.4 is 0 Å². The smallest absolute Gasteiger partial charge is 0.246 e. The molecule has 174 valence electrons. The van der Waals surface area contributed by atoms with E-state index in [1.54, 1.807) is 30.2 Å². The summed E-state index contributed by atoms with van der Waals surface area (Å²) in [6.45, 7) is 2.65. The number of hydrogen-bond donors (Lipinski definition) is 1. The summed E-state index contributed by atoms with van der Waals surface area (Å²) in [6.07, 6.45) is 2.12. The van der Waals surface area contributed by atoms with E-state index in [4.69, 9.17) is 16.0 Å². The SMILES string of the molecule is Cc1ccc(O)c(S(=O)(=O)N2CCN(C(=O)CCc3ncc(-c4ccccc4Cl)o3)CC2)c1. The number of rotatable bonds is 6. The van der Waals surface area contributed by atoms with E-state index < -0.39 is 10.0 Å². The van der Waals surface area contributed by atoms with Crippen LogP contribution in [0.3, 0.4) is 0 Å². The highest BCUT2D eigenvalue weighted by molar-refractivity contribution is 7.89. The van der Waals surface area contributed by atoms with Gasteiger partial charge in [-0.15, -0.1) is 0 Å². The van der Waals surface area contributed by atoms with Gasteiger partial charge in [-0.2, -0.15) is 4.31 Å². The number of aromatic nitrogens is 1. The van der Waals surface area contributed by atoms with Crippen LogP contribution >= 0.6 is 11.6 Å². The normalized spacial score (nSPS) is 15.0. The maximum Gasteiger partial charge on any atom is 0.246 e. The Morgan fingerprint density at radius 3 is 2.61 bits per heavy atom. The molecule has 4 rings (SSSR count). The van der Waals surface area contributed by atoms with E-state index in [0.717, 1.165) is 11.1 Å². The molecule has 1 saturated heterocycles. The van der Waals surface area contributed by atoms with Gasteiger partial charge in [0.25, 0.3) is 0 Å². The topological polar surface area (TPSA) is 104 Å². The zero-order chi connectivity index (χ0) is 23.6. The average Bonchev–Trinajstić information content (AvgIpc) is 3.28. The first-order valence-electron chi connectivity index (χ1n) is 10.5.